The van der Waals surface area contributed by atoms with Crippen LogP contribution in [0.1, 0.15) is 12.8 Å². The molecule has 1 aromatic rings. The van der Waals surface area contributed by atoms with Crippen LogP contribution in [0.5, 0.6) is 0 Å². The molecule has 1 N–H and O–H groups in total. The average Bonchev–Trinajstić information content (AvgIpc) is 2.34. The maximum atomic E-state index is 13.5. The number of hydrogen-bond donors (Lipinski definition) is 1. The molecule has 1 fully saturated rings. The Labute approximate surface area is 103 Å². The van der Waals surface area contributed by atoms with Gasteiger partial charge in [-0.2, -0.15) is 0 Å². The second kappa shape index (κ2) is 5.64. The van der Waals surface area contributed by atoms with Gasteiger partial charge >= 0.3 is 0 Å². The molecule has 1 aliphatic heterocycles. The van der Waals surface area contributed by atoms with E-state index in [9.17, 15) is 8.78 Å². The van der Waals surface area contributed by atoms with Gasteiger partial charge in [0.15, 0.2) is 17.5 Å². The van der Waals surface area contributed by atoms with Crippen molar-refractivity contribution in [2.24, 2.45) is 0 Å². The maximum Gasteiger partial charge on any atom is 0.168 e. The molecule has 1 aromatic heterocycles. The summed E-state index contributed by atoms with van der Waals surface area (Å²) in [6, 6.07) is 0.875. The number of anilines is 1. The molecule has 94 valence electrons. The molecule has 0 saturated carbocycles. The summed E-state index contributed by atoms with van der Waals surface area (Å²) in [5.41, 5.74) is 0. The van der Waals surface area contributed by atoms with Crippen LogP contribution in [-0.4, -0.2) is 30.5 Å². The number of aromatic nitrogens is 1. The van der Waals surface area contributed by atoms with Gasteiger partial charge in [0, 0.05) is 31.6 Å². The van der Waals surface area contributed by atoms with Crippen LogP contribution >= 0.6 is 11.8 Å². The van der Waals surface area contributed by atoms with E-state index in [1.807, 2.05) is 0 Å². The molecule has 0 aromatic carbocycles. The van der Waals surface area contributed by atoms with E-state index in [1.54, 1.807) is 7.05 Å². The van der Waals surface area contributed by atoms with Crippen molar-refractivity contribution in [3.8, 4) is 0 Å². The average molecular weight is 260 g/mol. The molecule has 0 radical (unpaired) electrons. The zero-order valence-electron chi connectivity index (χ0n) is 9.50. The van der Waals surface area contributed by atoms with Crippen molar-refractivity contribution in [1.82, 2.24) is 4.98 Å². The lowest BCUT2D eigenvalue weighted by Gasteiger charge is -2.21. The highest BCUT2D eigenvalue weighted by Crippen LogP contribution is 2.31. The fourth-order valence-corrected chi connectivity index (χ4v) is 2.72. The smallest absolute Gasteiger partial charge is 0.168 e. The van der Waals surface area contributed by atoms with Crippen molar-refractivity contribution >= 4 is 17.6 Å². The van der Waals surface area contributed by atoms with Crippen LogP contribution in [0.15, 0.2) is 11.1 Å². The molecule has 2 rings (SSSR count). The van der Waals surface area contributed by atoms with Crippen LogP contribution in [0.25, 0.3) is 0 Å². The summed E-state index contributed by atoms with van der Waals surface area (Å²) >= 11 is 1.36. The van der Waals surface area contributed by atoms with E-state index in [0.717, 1.165) is 18.9 Å². The van der Waals surface area contributed by atoms with Gasteiger partial charge in [0.1, 0.15) is 5.03 Å². The number of rotatable bonds is 3. The minimum absolute atomic E-state index is 0.0842. The highest BCUT2D eigenvalue weighted by Gasteiger charge is 2.19. The van der Waals surface area contributed by atoms with Gasteiger partial charge in [0.25, 0.3) is 0 Å². The largest absolute Gasteiger partial charge is 0.381 e. The Morgan fingerprint density at radius 3 is 2.71 bits per heavy atom. The second-order valence-corrected chi connectivity index (χ2v) is 5.07. The van der Waals surface area contributed by atoms with Crippen LogP contribution in [0.4, 0.5) is 14.6 Å². The van der Waals surface area contributed by atoms with Crippen molar-refractivity contribution in [2.75, 3.05) is 25.6 Å². The number of hydrogen-bond acceptors (Lipinski definition) is 4. The predicted molar refractivity (Wildman–Crippen MR) is 63.4 cm³/mol. The fraction of sp³-hybridized carbons (Fsp3) is 0.545. The molecule has 0 atom stereocenters. The summed E-state index contributed by atoms with van der Waals surface area (Å²) in [7, 11) is 1.56. The van der Waals surface area contributed by atoms with E-state index < -0.39 is 11.6 Å². The van der Waals surface area contributed by atoms with Crippen molar-refractivity contribution in [3.05, 3.63) is 17.7 Å². The Hall–Kier alpha value is -0.880. The molecule has 0 bridgehead atoms. The van der Waals surface area contributed by atoms with Crippen molar-refractivity contribution in [1.29, 1.82) is 0 Å². The first-order valence-corrected chi connectivity index (χ1v) is 6.37. The Balaban J connectivity index is 2.13. The summed E-state index contributed by atoms with van der Waals surface area (Å²) in [5, 5.41) is 3.15. The normalized spacial score (nSPS) is 17.1. The van der Waals surface area contributed by atoms with E-state index in [4.69, 9.17) is 4.74 Å². The maximum absolute atomic E-state index is 13.5. The molecular formula is C11H14F2N2OS. The SMILES string of the molecule is CNc1nc(SC2CCOCC2)c(F)cc1F. The minimum Gasteiger partial charge on any atom is -0.381 e. The number of ether oxygens (including phenoxy) is 1. The molecule has 6 heteroatoms. The van der Waals surface area contributed by atoms with Crippen molar-refractivity contribution < 1.29 is 13.5 Å². The predicted octanol–water partition coefficient (Wildman–Crippen LogP) is 2.67. The second-order valence-electron chi connectivity index (χ2n) is 3.79. The van der Waals surface area contributed by atoms with Gasteiger partial charge in [-0.1, -0.05) is 11.8 Å². The molecule has 17 heavy (non-hydrogen) atoms. The van der Waals surface area contributed by atoms with Gasteiger partial charge in [-0.05, 0) is 12.8 Å². The molecule has 2 heterocycles. The lowest BCUT2D eigenvalue weighted by molar-refractivity contribution is 0.1000. The van der Waals surface area contributed by atoms with E-state index >= 15 is 0 Å². The van der Waals surface area contributed by atoms with Gasteiger partial charge in [0.05, 0.1) is 0 Å². The van der Waals surface area contributed by atoms with E-state index in [1.165, 1.54) is 11.8 Å². The Morgan fingerprint density at radius 2 is 2.06 bits per heavy atom. The fourth-order valence-electron chi connectivity index (χ4n) is 1.66. The third kappa shape index (κ3) is 3.07. The Kier molecular flexibility index (Phi) is 4.17. The Bertz CT molecular complexity index is 397. The van der Waals surface area contributed by atoms with Crippen molar-refractivity contribution in [2.45, 2.75) is 23.1 Å². The summed E-state index contributed by atoms with van der Waals surface area (Å²) in [6.07, 6.45) is 1.75. The zero-order valence-corrected chi connectivity index (χ0v) is 10.3. The topological polar surface area (TPSA) is 34.2 Å². The van der Waals surface area contributed by atoms with E-state index in [-0.39, 0.29) is 10.8 Å². The van der Waals surface area contributed by atoms with Gasteiger partial charge in [0.2, 0.25) is 0 Å². The number of nitrogens with one attached hydrogen (secondary N) is 1. The van der Waals surface area contributed by atoms with Crippen molar-refractivity contribution in [3.63, 3.8) is 0 Å². The molecule has 0 spiro atoms. The number of halogens is 2. The van der Waals surface area contributed by atoms with Gasteiger partial charge in [-0.25, -0.2) is 13.8 Å². The third-order valence-electron chi connectivity index (χ3n) is 2.58. The number of pyridine rings is 1. The van der Waals surface area contributed by atoms with Crippen LogP contribution < -0.4 is 5.32 Å². The molecule has 0 aliphatic carbocycles. The lowest BCUT2D eigenvalue weighted by atomic mass is 10.2. The Morgan fingerprint density at radius 1 is 1.35 bits per heavy atom. The molecule has 0 amide bonds. The summed E-state index contributed by atoms with van der Waals surface area (Å²) in [4.78, 5) is 3.95. The van der Waals surface area contributed by atoms with E-state index in [2.05, 4.69) is 10.3 Å². The third-order valence-corrected chi connectivity index (χ3v) is 3.90. The van der Waals surface area contributed by atoms with Gasteiger partial charge in [-0.3, -0.25) is 0 Å². The zero-order chi connectivity index (χ0) is 12.3. The van der Waals surface area contributed by atoms with Crippen LogP contribution in [0.3, 0.4) is 0 Å². The van der Waals surface area contributed by atoms with Crippen LogP contribution in [0, 0.1) is 11.6 Å². The quantitative estimate of drug-likeness (QED) is 0.906. The van der Waals surface area contributed by atoms with Crippen LogP contribution in [0.2, 0.25) is 0 Å². The van der Waals surface area contributed by atoms with Gasteiger partial charge < -0.3 is 10.1 Å². The number of nitrogens with zero attached hydrogens (tertiary/aromatic N) is 1. The first kappa shape index (κ1) is 12.6. The molecule has 1 aliphatic rings. The lowest BCUT2D eigenvalue weighted by Crippen LogP contribution is -2.17. The first-order valence-electron chi connectivity index (χ1n) is 5.49. The minimum atomic E-state index is -0.665. The molecule has 1 saturated heterocycles. The summed E-state index contributed by atoms with van der Waals surface area (Å²) < 4.78 is 32.0. The monoisotopic (exact) mass is 260 g/mol. The van der Waals surface area contributed by atoms with E-state index in [0.29, 0.717) is 18.5 Å². The van der Waals surface area contributed by atoms with Crippen LogP contribution in [-0.2, 0) is 4.74 Å². The molecule has 0 unspecified atom stereocenters. The molecular weight excluding hydrogens is 246 g/mol. The van der Waals surface area contributed by atoms with Gasteiger partial charge in [-0.15, -0.1) is 0 Å². The highest BCUT2D eigenvalue weighted by molar-refractivity contribution is 7.99. The highest BCUT2D eigenvalue weighted by atomic mass is 32.2. The summed E-state index contributed by atoms with van der Waals surface area (Å²) in [5.74, 6) is -1.18. The summed E-state index contributed by atoms with van der Waals surface area (Å²) in [6.45, 7) is 1.39. The first-order chi connectivity index (χ1) is 8.20. The molecule has 3 nitrogen and oxygen atoms in total. The number of thioether (sulfide) groups is 1. The standard InChI is InChI=1S/C11H14F2N2OS/c1-14-10-8(12)6-9(13)11(15-10)17-7-2-4-16-5-3-7/h6-7H,2-5H2,1H3,(H,14,15).